The quantitative estimate of drug-likeness (QED) is 0.539. The molecular weight excluding hydrogens is 210 g/mol. The van der Waals surface area contributed by atoms with Gasteiger partial charge in [0.25, 0.3) is 5.56 Å². The third-order valence-electron chi connectivity index (χ3n) is 2.10. The zero-order valence-electron chi connectivity index (χ0n) is 7.97. The Balaban J connectivity index is 2.81. The Labute approximate surface area is 90.9 Å². The summed E-state index contributed by atoms with van der Waals surface area (Å²) in [5.41, 5.74) is 0.554. The van der Waals surface area contributed by atoms with Crippen molar-refractivity contribution in [2.75, 3.05) is 0 Å². The molecule has 0 N–H and O–H groups in total. The number of fused-ring (bicyclic) bond motifs is 1. The maximum Gasteiger partial charge on any atom is 0.274 e. The molecule has 0 radical (unpaired) electrons. The maximum atomic E-state index is 11.6. The Bertz CT molecular complexity index is 626. The van der Waals surface area contributed by atoms with Crippen molar-refractivity contribution in [3.05, 3.63) is 34.7 Å². The molecule has 1 heterocycles. The molecule has 0 amide bonds. The van der Waals surface area contributed by atoms with E-state index in [-0.39, 0.29) is 5.56 Å². The van der Waals surface area contributed by atoms with Crippen LogP contribution in [-0.4, -0.2) is 14.9 Å². The lowest BCUT2D eigenvalue weighted by atomic mass is 10.2. The van der Waals surface area contributed by atoms with Crippen molar-refractivity contribution >= 4 is 33.8 Å². The minimum absolute atomic E-state index is 0.120. The lowest BCUT2D eigenvalue weighted by molar-refractivity contribution is 0.718. The van der Waals surface area contributed by atoms with Crippen LogP contribution in [0.25, 0.3) is 10.8 Å². The first-order chi connectivity index (χ1) is 7.22. The van der Waals surface area contributed by atoms with E-state index in [1.165, 1.54) is 4.68 Å². The Kier molecular flexibility index (Phi) is 2.41. The molecule has 15 heavy (non-hydrogen) atoms. The van der Waals surface area contributed by atoms with E-state index in [0.717, 1.165) is 5.39 Å². The van der Waals surface area contributed by atoms with Gasteiger partial charge in [0.15, 0.2) is 0 Å². The van der Waals surface area contributed by atoms with E-state index in [9.17, 15) is 4.79 Å². The summed E-state index contributed by atoms with van der Waals surface area (Å²) in [5, 5.41) is 7.58. The Morgan fingerprint density at radius 2 is 2.33 bits per heavy atom. The monoisotopic (exact) mass is 217 g/mol. The minimum atomic E-state index is -0.120. The lowest BCUT2D eigenvalue weighted by Gasteiger charge is -1.99. The summed E-state index contributed by atoms with van der Waals surface area (Å²) >= 11 is 4.51. The Morgan fingerprint density at radius 3 is 3.07 bits per heavy atom. The summed E-state index contributed by atoms with van der Waals surface area (Å²) in [4.78, 5) is 15.5. The summed E-state index contributed by atoms with van der Waals surface area (Å²) in [6.07, 6.45) is 1.62. The molecule has 2 rings (SSSR count). The molecule has 0 unspecified atom stereocenters. The van der Waals surface area contributed by atoms with Crippen LogP contribution in [0.2, 0.25) is 0 Å². The molecule has 0 fully saturated rings. The highest BCUT2D eigenvalue weighted by Gasteiger charge is 2.01. The van der Waals surface area contributed by atoms with Gasteiger partial charge in [-0.15, -0.1) is 0 Å². The highest BCUT2D eigenvalue weighted by Crippen LogP contribution is 2.17. The van der Waals surface area contributed by atoms with Gasteiger partial charge in [-0.05, 0) is 30.4 Å². The molecule has 0 saturated heterocycles. The zero-order chi connectivity index (χ0) is 10.8. The second-order valence-electron chi connectivity index (χ2n) is 3.05. The van der Waals surface area contributed by atoms with E-state index in [1.807, 2.05) is 0 Å². The van der Waals surface area contributed by atoms with Crippen molar-refractivity contribution in [2.24, 2.45) is 12.0 Å². The minimum Gasteiger partial charge on any atom is -0.267 e. The number of aliphatic imine (C=N–C) groups is 1. The van der Waals surface area contributed by atoms with Gasteiger partial charge in [-0.3, -0.25) is 4.79 Å². The van der Waals surface area contributed by atoms with Crippen molar-refractivity contribution < 1.29 is 0 Å². The first kappa shape index (κ1) is 9.71. The van der Waals surface area contributed by atoms with Crippen LogP contribution >= 0.6 is 12.2 Å². The number of isothiocyanates is 1. The van der Waals surface area contributed by atoms with E-state index in [1.54, 1.807) is 31.4 Å². The van der Waals surface area contributed by atoms with Crippen molar-refractivity contribution in [1.82, 2.24) is 9.78 Å². The van der Waals surface area contributed by atoms with Crippen molar-refractivity contribution in [1.29, 1.82) is 0 Å². The molecule has 74 valence electrons. The molecule has 4 nitrogen and oxygen atoms in total. The van der Waals surface area contributed by atoms with E-state index >= 15 is 0 Å². The maximum absolute atomic E-state index is 11.6. The number of aryl methyl sites for hydroxylation is 1. The van der Waals surface area contributed by atoms with E-state index in [2.05, 4.69) is 27.5 Å². The molecule has 0 atom stereocenters. The first-order valence-electron chi connectivity index (χ1n) is 4.26. The Hall–Kier alpha value is -1.84. The summed E-state index contributed by atoms with van der Waals surface area (Å²) in [5.74, 6) is 0. The topological polar surface area (TPSA) is 47.2 Å². The van der Waals surface area contributed by atoms with E-state index in [4.69, 9.17) is 0 Å². The van der Waals surface area contributed by atoms with Gasteiger partial charge in [0.2, 0.25) is 0 Å². The molecule has 0 aliphatic rings. The van der Waals surface area contributed by atoms with Gasteiger partial charge in [-0.2, -0.15) is 10.1 Å². The predicted molar refractivity (Wildman–Crippen MR) is 61.7 cm³/mol. The molecule has 0 saturated carbocycles. The summed E-state index contributed by atoms with van der Waals surface area (Å²) in [7, 11) is 1.62. The van der Waals surface area contributed by atoms with Crippen LogP contribution < -0.4 is 5.56 Å². The molecule has 1 aromatic heterocycles. The summed E-state index contributed by atoms with van der Waals surface area (Å²) in [6, 6.07) is 5.19. The van der Waals surface area contributed by atoms with E-state index < -0.39 is 0 Å². The number of nitrogens with zero attached hydrogens (tertiary/aromatic N) is 3. The normalized spacial score (nSPS) is 9.93. The molecule has 1 aromatic carbocycles. The second kappa shape index (κ2) is 3.73. The largest absolute Gasteiger partial charge is 0.274 e. The fraction of sp³-hybridized carbons (Fsp3) is 0.100. The number of hydrogen-bond acceptors (Lipinski definition) is 4. The standard InChI is InChI=1S/C10H7N3OS/c1-13-10(14)9-3-2-8(11-6-15)4-7(9)5-12-13/h2-5H,1H3. The molecule has 0 spiro atoms. The average Bonchev–Trinajstić information content (AvgIpc) is 2.24. The average molecular weight is 217 g/mol. The van der Waals surface area contributed by atoms with Gasteiger partial charge >= 0.3 is 0 Å². The SMILES string of the molecule is Cn1ncc2cc(N=C=S)ccc2c1=O. The number of benzene rings is 1. The van der Waals surface area contributed by atoms with Crippen LogP contribution in [0, 0.1) is 0 Å². The number of thiocarbonyl (C=S) groups is 1. The van der Waals surface area contributed by atoms with Crippen LogP contribution in [0.5, 0.6) is 0 Å². The third-order valence-corrected chi connectivity index (χ3v) is 2.20. The fourth-order valence-electron chi connectivity index (χ4n) is 1.35. The third kappa shape index (κ3) is 1.70. The van der Waals surface area contributed by atoms with Gasteiger partial charge in [0, 0.05) is 12.4 Å². The molecule has 5 heteroatoms. The van der Waals surface area contributed by atoms with Crippen molar-refractivity contribution in [3.8, 4) is 0 Å². The second-order valence-corrected chi connectivity index (χ2v) is 3.23. The highest BCUT2D eigenvalue weighted by molar-refractivity contribution is 7.78. The van der Waals surface area contributed by atoms with Crippen LogP contribution in [-0.2, 0) is 7.05 Å². The van der Waals surface area contributed by atoms with Crippen LogP contribution in [0.3, 0.4) is 0 Å². The number of aromatic nitrogens is 2. The smallest absolute Gasteiger partial charge is 0.267 e. The molecule has 0 bridgehead atoms. The van der Waals surface area contributed by atoms with E-state index in [0.29, 0.717) is 11.1 Å². The molecule has 0 aliphatic heterocycles. The number of hydrogen-bond donors (Lipinski definition) is 0. The molecule has 2 aromatic rings. The predicted octanol–water partition coefficient (Wildman–Crippen LogP) is 1.67. The van der Waals surface area contributed by atoms with Gasteiger partial charge in [-0.25, -0.2) is 4.68 Å². The fourth-order valence-corrected chi connectivity index (χ4v) is 1.45. The molecular formula is C10H7N3OS. The summed E-state index contributed by atoms with van der Waals surface area (Å²) in [6.45, 7) is 0. The van der Waals surface area contributed by atoms with Crippen LogP contribution in [0.4, 0.5) is 5.69 Å². The van der Waals surface area contributed by atoms with Gasteiger partial charge in [0.1, 0.15) is 0 Å². The Morgan fingerprint density at radius 1 is 1.53 bits per heavy atom. The highest BCUT2D eigenvalue weighted by atomic mass is 32.1. The van der Waals surface area contributed by atoms with Gasteiger partial charge in [-0.1, -0.05) is 0 Å². The van der Waals surface area contributed by atoms with Crippen molar-refractivity contribution in [2.45, 2.75) is 0 Å². The van der Waals surface area contributed by atoms with Crippen molar-refractivity contribution in [3.63, 3.8) is 0 Å². The summed E-state index contributed by atoms with van der Waals surface area (Å²) < 4.78 is 1.30. The van der Waals surface area contributed by atoms with Crippen LogP contribution in [0.15, 0.2) is 34.2 Å². The lowest BCUT2D eigenvalue weighted by Crippen LogP contribution is -2.18. The van der Waals surface area contributed by atoms with Gasteiger partial charge < -0.3 is 0 Å². The first-order valence-corrected chi connectivity index (χ1v) is 4.67. The van der Waals surface area contributed by atoms with Crippen LogP contribution in [0.1, 0.15) is 0 Å². The molecule has 0 aliphatic carbocycles. The zero-order valence-corrected chi connectivity index (χ0v) is 8.78. The number of rotatable bonds is 1. The van der Waals surface area contributed by atoms with Gasteiger partial charge in [0.05, 0.1) is 22.4 Å².